The predicted octanol–water partition coefficient (Wildman–Crippen LogP) is 3.41. The third-order valence-corrected chi connectivity index (χ3v) is 3.71. The molecule has 1 unspecified atom stereocenters. The molecule has 0 spiro atoms. The van der Waals surface area contributed by atoms with Crippen LogP contribution in [0.4, 0.5) is 28.0 Å². The number of urea groups is 1. The molecule has 2 heterocycles. The average Bonchev–Trinajstić information content (AvgIpc) is 3.02. The van der Waals surface area contributed by atoms with E-state index < -0.39 is 41.4 Å². The van der Waals surface area contributed by atoms with Gasteiger partial charge < -0.3 is 9.73 Å². The fourth-order valence-corrected chi connectivity index (χ4v) is 2.62. The molecule has 0 radical (unpaired) electrons. The highest BCUT2D eigenvalue weighted by molar-refractivity contribution is 6.21. The van der Waals surface area contributed by atoms with Crippen molar-refractivity contribution in [2.75, 3.05) is 4.90 Å². The summed E-state index contributed by atoms with van der Waals surface area (Å²) in [6.45, 7) is 1.28. The SMILES string of the molecule is Cc1cc(N2C(=O)NC(Cc3ccc(F)cc3)C2=O)c(C(F)(F)F)o1. The van der Waals surface area contributed by atoms with Crippen molar-refractivity contribution in [1.82, 2.24) is 5.32 Å². The molecule has 1 saturated heterocycles. The lowest BCUT2D eigenvalue weighted by Gasteiger charge is -2.14. The van der Waals surface area contributed by atoms with Crippen LogP contribution in [0.3, 0.4) is 0 Å². The van der Waals surface area contributed by atoms with E-state index in [1.165, 1.54) is 31.2 Å². The smallest absolute Gasteiger partial charge is 0.451 e. The van der Waals surface area contributed by atoms with Crippen molar-refractivity contribution < 1.29 is 31.6 Å². The zero-order valence-electron chi connectivity index (χ0n) is 12.9. The molecule has 3 rings (SSSR count). The number of nitrogens with zero attached hydrogens (tertiary/aromatic N) is 1. The van der Waals surface area contributed by atoms with Gasteiger partial charge in [-0.1, -0.05) is 12.1 Å². The number of anilines is 1. The molecule has 1 aromatic heterocycles. The Hall–Kier alpha value is -2.84. The summed E-state index contributed by atoms with van der Waals surface area (Å²) in [6.07, 6.45) is -4.82. The Bertz CT molecular complexity index is 827. The molecule has 0 bridgehead atoms. The van der Waals surface area contributed by atoms with Crippen molar-refractivity contribution in [2.24, 2.45) is 0 Å². The third-order valence-electron chi connectivity index (χ3n) is 3.71. The summed E-state index contributed by atoms with van der Waals surface area (Å²) >= 11 is 0. The Morgan fingerprint density at radius 3 is 2.44 bits per heavy atom. The highest BCUT2D eigenvalue weighted by atomic mass is 19.4. The summed E-state index contributed by atoms with van der Waals surface area (Å²) < 4.78 is 56.7. The molecule has 9 heteroatoms. The number of hydrogen-bond acceptors (Lipinski definition) is 3. The number of imide groups is 1. The fraction of sp³-hybridized carbons (Fsp3) is 0.250. The lowest BCUT2D eigenvalue weighted by Crippen LogP contribution is -2.33. The average molecular weight is 356 g/mol. The number of alkyl halides is 3. The maximum atomic E-state index is 13.1. The van der Waals surface area contributed by atoms with Crippen LogP contribution in [-0.4, -0.2) is 18.0 Å². The number of halogens is 4. The summed E-state index contributed by atoms with van der Waals surface area (Å²) in [6, 6.07) is 4.21. The number of rotatable bonds is 3. The lowest BCUT2D eigenvalue weighted by atomic mass is 10.1. The van der Waals surface area contributed by atoms with Crippen LogP contribution in [0.5, 0.6) is 0 Å². The van der Waals surface area contributed by atoms with E-state index in [9.17, 15) is 27.2 Å². The highest BCUT2D eigenvalue weighted by Gasteiger charge is 2.46. The quantitative estimate of drug-likeness (QED) is 0.677. The summed E-state index contributed by atoms with van der Waals surface area (Å²) in [4.78, 5) is 24.9. The summed E-state index contributed by atoms with van der Waals surface area (Å²) in [5.41, 5.74) is -0.0876. The molecule has 0 aliphatic carbocycles. The number of furan rings is 1. The molecule has 1 aromatic carbocycles. The molecular formula is C16H12F4N2O3. The molecule has 25 heavy (non-hydrogen) atoms. The standard InChI is InChI=1S/C16H12F4N2O3/c1-8-6-12(13(25-8)16(18,19)20)22-14(23)11(21-15(22)24)7-9-2-4-10(17)5-3-9/h2-6,11H,7H2,1H3,(H,21,24). The van der Waals surface area contributed by atoms with Gasteiger partial charge in [0.2, 0.25) is 5.76 Å². The van der Waals surface area contributed by atoms with Crippen LogP contribution in [0, 0.1) is 12.7 Å². The minimum atomic E-state index is -4.85. The van der Waals surface area contributed by atoms with E-state index in [-0.39, 0.29) is 12.2 Å². The molecule has 3 amide bonds. The van der Waals surface area contributed by atoms with Crippen LogP contribution in [0.25, 0.3) is 0 Å². The molecule has 2 aromatic rings. The minimum absolute atomic E-state index is 0.0273. The first-order chi connectivity index (χ1) is 11.7. The number of benzene rings is 1. The third kappa shape index (κ3) is 3.21. The molecule has 0 saturated carbocycles. The molecule has 1 aliphatic heterocycles. The van der Waals surface area contributed by atoms with Gasteiger partial charge in [0.25, 0.3) is 5.91 Å². The van der Waals surface area contributed by atoms with Crippen molar-refractivity contribution in [3.05, 3.63) is 53.2 Å². The van der Waals surface area contributed by atoms with E-state index in [4.69, 9.17) is 0 Å². The van der Waals surface area contributed by atoms with Crippen LogP contribution in [-0.2, 0) is 17.4 Å². The minimum Gasteiger partial charge on any atom is -0.455 e. The van der Waals surface area contributed by atoms with Gasteiger partial charge in [0, 0.05) is 12.5 Å². The Labute approximate surface area is 139 Å². The molecule has 132 valence electrons. The molecule has 5 nitrogen and oxygen atoms in total. The largest absolute Gasteiger partial charge is 0.455 e. The Morgan fingerprint density at radius 1 is 1.20 bits per heavy atom. The molecule has 1 atom stereocenters. The monoisotopic (exact) mass is 356 g/mol. The summed E-state index contributed by atoms with van der Waals surface area (Å²) in [7, 11) is 0. The number of carbonyl (C=O) groups excluding carboxylic acids is 2. The van der Waals surface area contributed by atoms with E-state index in [0.29, 0.717) is 10.5 Å². The van der Waals surface area contributed by atoms with E-state index in [1.54, 1.807) is 0 Å². The molecule has 1 aliphatic rings. The molecule has 1 N–H and O–H groups in total. The lowest BCUT2D eigenvalue weighted by molar-refractivity contribution is -0.152. The van der Waals surface area contributed by atoms with Gasteiger partial charge >= 0.3 is 12.2 Å². The Morgan fingerprint density at radius 2 is 1.84 bits per heavy atom. The highest BCUT2D eigenvalue weighted by Crippen LogP contribution is 2.40. The predicted molar refractivity (Wildman–Crippen MR) is 78.4 cm³/mol. The van der Waals surface area contributed by atoms with Crippen molar-refractivity contribution in [1.29, 1.82) is 0 Å². The normalized spacial score (nSPS) is 18.0. The van der Waals surface area contributed by atoms with Crippen molar-refractivity contribution >= 4 is 17.6 Å². The maximum Gasteiger partial charge on any atom is 0.451 e. The second-order valence-corrected chi connectivity index (χ2v) is 5.58. The zero-order valence-corrected chi connectivity index (χ0v) is 12.9. The van der Waals surface area contributed by atoms with Gasteiger partial charge in [-0.25, -0.2) is 14.1 Å². The summed E-state index contributed by atoms with van der Waals surface area (Å²) in [5, 5.41) is 2.34. The van der Waals surface area contributed by atoms with E-state index in [2.05, 4.69) is 9.73 Å². The topological polar surface area (TPSA) is 62.6 Å². The first kappa shape index (κ1) is 17.0. The van der Waals surface area contributed by atoms with Gasteiger partial charge in [-0.15, -0.1) is 0 Å². The maximum absolute atomic E-state index is 13.1. The Kier molecular flexibility index (Phi) is 4.02. The Balaban J connectivity index is 1.88. The summed E-state index contributed by atoms with van der Waals surface area (Å²) in [5.74, 6) is -2.78. The first-order valence-electron chi connectivity index (χ1n) is 7.23. The second-order valence-electron chi connectivity index (χ2n) is 5.58. The number of hydrogen-bond donors (Lipinski definition) is 1. The number of carbonyl (C=O) groups is 2. The number of aryl methyl sites for hydroxylation is 1. The van der Waals surface area contributed by atoms with Gasteiger partial charge in [0.1, 0.15) is 23.3 Å². The van der Waals surface area contributed by atoms with Crippen molar-refractivity contribution in [2.45, 2.75) is 25.6 Å². The van der Waals surface area contributed by atoms with Crippen LogP contribution in [0.1, 0.15) is 17.1 Å². The van der Waals surface area contributed by atoms with Crippen molar-refractivity contribution in [3.8, 4) is 0 Å². The van der Waals surface area contributed by atoms with Gasteiger partial charge in [-0.3, -0.25) is 4.79 Å². The molecular weight excluding hydrogens is 344 g/mol. The first-order valence-corrected chi connectivity index (χ1v) is 7.23. The molecule has 1 fully saturated rings. The van der Waals surface area contributed by atoms with E-state index >= 15 is 0 Å². The van der Waals surface area contributed by atoms with Crippen LogP contribution >= 0.6 is 0 Å². The van der Waals surface area contributed by atoms with Gasteiger partial charge in [0.15, 0.2) is 0 Å². The zero-order chi connectivity index (χ0) is 18.4. The fourth-order valence-electron chi connectivity index (χ4n) is 2.62. The van der Waals surface area contributed by atoms with Gasteiger partial charge in [-0.2, -0.15) is 13.2 Å². The van der Waals surface area contributed by atoms with Gasteiger partial charge in [-0.05, 0) is 24.6 Å². The van der Waals surface area contributed by atoms with Crippen LogP contribution < -0.4 is 10.2 Å². The second kappa shape index (κ2) is 5.91. The van der Waals surface area contributed by atoms with Crippen LogP contribution in [0.15, 0.2) is 34.7 Å². The van der Waals surface area contributed by atoms with Gasteiger partial charge in [0.05, 0.1) is 0 Å². The number of amides is 3. The number of nitrogens with one attached hydrogen (secondary N) is 1. The van der Waals surface area contributed by atoms with Crippen molar-refractivity contribution in [3.63, 3.8) is 0 Å². The van der Waals surface area contributed by atoms with E-state index in [0.717, 1.165) is 6.07 Å². The van der Waals surface area contributed by atoms with Crippen LogP contribution in [0.2, 0.25) is 0 Å². The van der Waals surface area contributed by atoms with E-state index in [1.807, 2.05) is 0 Å².